The molecule has 16 heavy (non-hydrogen) atoms. The Balaban J connectivity index is 2.20. The highest BCUT2D eigenvalue weighted by atomic mass is 32.2. The van der Waals surface area contributed by atoms with Gasteiger partial charge < -0.3 is 0 Å². The Morgan fingerprint density at radius 1 is 1.38 bits per heavy atom. The molecule has 0 amide bonds. The van der Waals surface area contributed by atoms with Crippen LogP contribution in [0.3, 0.4) is 0 Å². The van der Waals surface area contributed by atoms with Gasteiger partial charge in [0.2, 0.25) is 0 Å². The highest BCUT2D eigenvalue weighted by Crippen LogP contribution is 2.16. The summed E-state index contributed by atoms with van der Waals surface area (Å²) in [6.07, 6.45) is 6.41. The number of rotatable bonds is 5. The Morgan fingerprint density at radius 2 is 2.25 bits per heavy atom. The molecule has 0 unspecified atom stereocenters. The topological polar surface area (TPSA) is 17.8 Å². The first-order valence-electron chi connectivity index (χ1n) is 5.78. The molecule has 0 bridgehead atoms. The Labute approximate surface area is 101 Å². The van der Waals surface area contributed by atoms with Crippen molar-refractivity contribution in [3.63, 3.8) is 0 Å². The van der Waals surface area contributed by atoms with Crippen LogP contribution in [0, 0.1) is 0 Å². The second-order valence-corrected chi connectivity index (χ2v) is 4.95. The van der Waals surface area contributed by atoms with Crippen molar-refractivity contribution in [1.29, 1.82) is 0 Å². The van der Waals surface area contributed by atoms with E-state index in [2.05, 4.69) is 41.2 Å². The molecule has 0 saturated carbocycles. The Bertz CT molecular complexity index is 462. The second-order valence-electron chi connectivity index (χ2n) is 3.96. The summed E-state index contributed by atoms with van der Waals surface area (Å²) >= 11 is 1.89. The fraction of sp³-hybridized carbons (Fsp3) is 0.462. The van der Waals surface area contributed by atoms with E-state index in [1.807, 2.05) is 18.0 Å². The molecule has 86 valence electrons. The molecule has 0 saturated heterocycles. The lowest BCUT2D eigenvalue weighted by Gasteiger charge is -2.03. The van der Waals surface area contributed by atoms with Gasteiger partial charge in [-0.1, -0.05) is 13.0 Å². The van der Waals surface area contributed by atoms with Crippen molar-refractivity contribution >= 4 is 22.7 Å². The lowest BCUT2D eigenvalue weighted by molar-refractivity contribution is 0.626. The van der Waals surface area contributed by atoms with Gasteiger partial charge in [0.25, 0.3) is 0 Å². The van der Waals surface area contributed by atoms with Gasteiger partial charge in [-0.05, 0) is 42.5 Å². The number of aromatic nitrogens is 2. The average Bonchev–Trinajstić information content (AvgIpc) is 2.72. The van der Waals surface area contributed by atoms with Gasteiger partial charge in [-0.15, -0.1) is 0 Å². The third-order valence-corrected chi connectivity index (χ3v) is 3.53. The van der Waals surface area contributed by atoms with Crippen LogP contribution < -0.4 is 0 Å². The van der Waals surface area contributed by atoms with Crippen LogP contribution in [0.4, 0.5) is 0 Å². The zero-order chi connectivity index (χ0) is 11.4. The molecule has 2 rings (SSSR count). The summed E-state index contributed by atoms with van der Waals surface area (Å²) in [5.41, 5.74) is 2.65. The van der Waals surface area contributed by atoms with Crippen molar-refractivity contribution in [2.45, 2.75) is 26.3 Å². The van der Waals surface area contributed by atoms with E-state index in [1.54, 1.807) is 0 Å². The minimum absolute atomic E-state index is 1.02. The number of hydrogen-bond acceptors (Lipinski definition) is 2. The number of benzene rings is 1. The van der Waals surface area contributed by atoms with Crippen LogP contribution in [0.5, 0.6) is 0 Å². The second kappa shape index (κ2) is 5.39. The SMILES string of the molecule is CCc1ccc2c(cnn2CCCSC)c1. The summed E-state index contributed by atoms with van der Waals surface area (Å²) in [5, 5.41) is 5.72. The number of nitrogens with zero attached hydrogens (tertiary/aromatic N) is 2. The molecular formula is C13H18N2S. The van der Waals surface area contributed by atoms with E-state index in [9.17, 15) is 0 Å². The molecule has 1 aromatic heterocycles. The smallest absolute Gasteiger partial charge is 0.0682 e. The van der Waals surface area contributed by atoms with Gasteiger partial charge in [0.1, 0.15) is 0 Å². The quantitative estimate of drug-likeness (QED) is 0.738. The third-order valence-electron chi connectivity index (χ3n) is 2.83. The highest BCUT2D eigenvalue weighted by Gasteiger charge is 2.02. The minimum Gasteiger partial charge on any atom is -0.265 e. The van der Waals surface area contributed by atoms with E-state index in [1.165, 1.54) is 28.6 Å². The number of thioether (sulfide) groups is 1. The van der Waals surface area contributed by atoms with E-state index in [-0.39, 0.29) is 0 Å². The van der Waals surface area contributed by atoms with Crippen molar-refractivity contribution in [2.24, 2.45) is 0 Å². The van der Waals surface area contributed by atoms with Crippen molar-refractivity contribution in [3.05, 3.63) is 30.0 Å². The first-order valence-corrected chi connectivity index (χ1v) is 7.18. The molecule has 2 nitrogen and oxygen atoms in total. The minimum atomic E-state index is 1.02. The maximum absolute atomic E-state index is 4.45. The molecule has 2 aromatic rings. The summed E-state index contributed by atoms with van der Waals surface area (Å²) in [7, 11) is 0. The highest BCUT2D eigenvalue weighted by molar-refractivity contribution is 7.98. The van der Waals surface area contributed by atoms with Crippen LogP contribution in [0.15, 0.2) is 24.4 Å². The Morgan fingerprint density at radius 3 is 3.00 bits per heavy atom. The van der Waals surface area contributed by atoms with Crippen LogP contribution in [0.25, 0.3) is 10.9 Å². The molecule has 0 N–H and O–H groups in total. The maximum atomic E-state index is 4.45. The standard InChI is InChI=1S/C13H18N2S/c1-3-11-5-6-13-12(9-11)10-14-15(13)7-4-8-16-2/h5-6,9-10H,3-4,7-8H2,1-2H3. The molecular weight excluding hydrogens is 216 g/mol. The molecule has 1 aromatic carbocycles. The first kappa shape index (κ1) is 11.5. The third kappa shape index (κ3) is 2.40. The van der Waals surface area contributed by atoms with Crippen LogP contribution >= 0.6 is 11.8 Å². The predicted octanol–water partition coefficient (Wildman–Crippen LogP) is 3.35. The van der Waals surface area contributed by atoms with Gasteiger partial charge in [-0.2, -0.15) is 16.9 Å². The van der Waals surface area contributed by atoms with Crippen molar-refractivity contribution in [1.82, 2.24) is 9.78 Å². The van der Waals surface area contributed by atoms with Gasteiger partial charge in [0, 0.05) is 11.9 Å². The number of aryl methyl sites for hydroxylation is 2. The summed E-state index contributed by atoms with van der Waals surface area (Å²) in [6, 6.07) is 6.64. The van der Waals surface area contributed by atoms with E-state index >= 15 is 0 Å². The lowest BCUT2D eigenvalue weighted by atomic mass is 10.1. The van der Waals surface area contributed by atoms with Gasteiger partial charge in [0.05, 0.1) is 11.7 Å². The molecule has 0 atom stereocenters. The van der Waals surface area contributed by atoms with E-state index in [0.29, 0.717) is 0 Å². The summed E-state index contributed by atoms with van der Waals surface area (Å²) in [5.74, 6) is 1.20. The van der Waals surface area contributed by atoms with Gasteiger partial charge in [-0.25, -0.2) is 0 Å². The predicted molar refractivity (Wildman–Crippen MR) is 72.1 cm³/mol. The summed E-state index contributed by atoms with van der Waals surface area (Å²) in [6.45, 7) is 3.21. The summed E-state index contributed by atoms with van der Waals surface area (Å²) < 4.78 is 2.12. The molecule has 1 heterocycles. The largest absolute Gasteiger partial charge is 0.265 e. The van der Waals surface area contributed by atoms with E-state index < -0.39 is 0 Å². The molecule has 0 spiro atoms. The molecule has 0 fully saturated rings. The van der Waals surface area contributed by atoms with Crippen molar-refractivity contribution in [3.8, 4) is 0 Å². The van der Waals surface area contributed by atoms with E-state index in [4.69, 9.17) is 0 Å². The van der Waals surface area contributed by atoms with E-state index in [0.717, 1.165) is 13.0 Å². The number of fused-ring (bicyclic) bond motifs is 1. The first-order chi connectivity index (χ1) is 7.85. The fourth-order valence-electron chi connectivity index (χ4n) is 1.89. The zero-order valence-electron chi connectivity index (χ0n) is 9.94. The average molecular weight is 234 g/mol. The Kier molecular flexibility index (Phi) is 3.88. The molecule has 0 radical (unpaired) electrons. The fourth-order valence-corrected chi connectivity index (χ4v) is 2.31. The number of hydrogen-bond donors (Lipinski definition) is 0. The monoisotopic (exact) mass is 234 g/mol. The van der Waals surface area contributed by atoms with Crippen molar-refractivity contribution in [2.75, 3.05) is 12.0 Å². The van der Waals surface area contributed by atoms with Gasteiger partial charge in [0.15, 0.2) is 0 Å². The van der Waals surface area contributed by atoms with Crippen LogP contribution in [0.2, 0.25) is 0 Å². The molecule has 0 aliphatic carbocycles. The maximum Gasteiger partial charge on any atom is 0.0682 e. The normalized spacial score (nSPS) is 11.1. The van der Waals surface area contributed by atoms with Gasteiger partial charge >= 0.3 is 0 Å². The lowest BCUT2D eigenvalue weighted by Crippen LogP contribution is -2.00. The zero-order valence-corrected chi connectivity index (χ0v) is 10.8. The van der Waals surface area contributed by atoms with Crippen LogP contribution in [0.1, 0.15) is 18.9 Å². The van der Waals surface area contributed by atoms with Gasteiger partial charge in [-0.3, -0.25) is 4.68 Å². The molecule has 3 heteroatoms. The summed E-state index contributed by atoms with van der Waals surface area (Å²) in [4.78, 5) is 0. The van der Waals surface area contributed by atoms with Crippen molar-refractivity contribution < 1.29 is 0 Å². The molecule has 0 aliphatic rings. The van der Waals surface area contributed by atoms with Crippen LogP contribution in [-0.2, 0) is 13.0 Å². The Hall–Kier alpha value is -0.960. The molecule has 0 aliphatic heterocycles. The van der Waals surface area contributed by atoms with Crippen LogP contribution in [-0.4, -0.2) is 21.8 Å².